The molecule has 8 nitrogen and oxygen atoms in total. The van der Waals surface area contributed by atoms with E-state index >= 15 is 0 Å². The maximum absolute atomic E-state index is 14.5. The topological polar surface area (TPSA) is 94.2 Å². The first kappa shape index (κ1) is 21.2. The number of amides is 1. The summed E-state index contributed by atoms with van der Waals surface area (Å²) in [4.78, 5) is 38.8. The van der Waals surface area contributed by atoms with Gasteiger partial charge < -0.3 is 15.2 Å². The first-order valence-corrected chi connectivity index (χ1v) is 10.3. The molecule has 3 aromatic rings. The monoisotopic (exact) mass is 444 g/mol. The third-order valence-corrected chi connectivity index (χ3v) is 5.67. The molecule has 0 saturated carbocycles. The minimum Gasteiger partial charge on any atom is -0.366 e. The third-order valence-electron chi connectivity index (χ3n) is 5.39. The molecular formula is C21H22ClFN6O2. The minimum atomic E-state index is -0.445. The van der Waals surface area contributed by atoms with Crippen molar-refractivity contribution < 1.29 is 9.18 Å². The highest BCUT2D eigenvalue weighted by atomic mass is 35.5. The summed E-state index contributed by atoms with van der Waals surface area (Å²) in [6.45, 7) is 5.03. The molecule has 1 fully saturated rings. The van der Waals surface area contributed by atoms with Crippen molar-refractivity contribution in [3.63, 3.8) is 0 Å². The number of aromatic nitrogens is 3. The summed E-state index contributed by atoms with van der Waals surface area (Å²) < 4.78 is 14.5. The average Bonchev–Trinajstić information content (AvgIpc) is 2.75. The maximum atomic E-state index is 14.5. The van der Waals surface area contributed by atoms with E-state index in [1.54, 1.807) is 32.2 Å². The van der Waals surface area contributed by atoms with Crippen LogP contribution in [-0.4, -0.2) is 59.0 Å². The highest BCUT2D eigenvalue weighted by Gasteiger charge is 2.21. The zero-order valence-corrected chi connectivity index (χ0v) is 18.0. The summed E-state index contributed by atoms with van der Waals surface area (Å²) in [6, 6.07) is 6.70. The number of rotatable bonds is 4. The second-order valence-electron chi connectivity index (χ2n) is 7.47. The third kappa shape index (κ3) is 4.38. The molecule has 162 valence electrons. The molecule has 2 N–H and O–H groups in total. The molecule has 31 heavy (non-hydrogen) atoms. The fourth-order valence-electron chi connectivity index (χ4n) is 3.71. The van der Waals surface area contributed by atoms with Crippen molar-refractivity contribution in [3.8, 4) is 0 Å². The van der Waals surface area contributed by atoms with Crippen molar-refractivity contribution in [2.75, 3.05) is 38.1 Å². The number of nitrogens with one attached hydrogen (secondary N) is 2. The Bertz CT molecular complexity index is 1210. The Balaban J connectivity index is 1.44. The van der Waals surface area contributed by atoms with E-state index in [-0.39, 0.29) is 33.5 Å². The lowest BCUT2D eigenvalue weighted by molar-refractivity contribution is 0.0958. The number of aryl methyl sites for hydroxylation is 1. The standard InChI is InChI=1S/C21H22ClFN6O2/c1-12-20(30)27-16-10-13(9-14(23)18(16)25-12)11-28-5-7-29(8-6-28)17-4-3-15(21(31)24-2)26-19(17)22/h3-4,9-10H,5-8,11H2,1-2H3,(H,24,31)(H,27,30). The molecule has 1 aliphatic rings. The van der Waals surface area contributed by atoms with E-state index in [9.17, 15) is 14.0 Å². The molecule has 0 aliphatic carbocycles. The highest BCUT2D eigenvalue weighted by Crippen LogP contribution is 2.26. The Morgan fingerprint density at radius 2 is 1.97 bits per heavy atom. The summed E-state index contributed by atoms with van der Waals surface area (Å²) >= 11 is 6.30. The molecule has 0 unspecified atom stereocenters. The smallest absolute Gasteiger partial charge is 0.269 e. The molecule has 1 saturated heterocycles. The normalized spacial score (nSPS) is 14.8. The Morgan fingerprint density at radius 1 is 1.23 bits per heavy atom. The molecule has 1 aliphatic heterocycles. The van der Waals surface area contributed by atoms with Crippen LogP contribution >= 0.6 is 11.6 Å². The van der Waals surface area contributed by atoms with Crippen LogP contribution in [0.5, 0.6) is 0 Å². The number of piperazine rings is 1. The van der Waals surface area contributed by atoms with E-state index in [0.29, 0.717) is 25.2 Å². The second kappa shape index (κ2) is 8.60. The summed E-state index contributed by atoms with van der Waals surface area (Å²) in [6.07, 6.45) is 0. The number of fused-ring (bicyclic) bond motifs is 1. The van der Waals surface area contributed by atoms with Crippen molar-refractivity contribution in [1.82, 2.24) is 25.2 Å². The van der Waals surface area contributed by atoms with E-state index in [0.717, 1.165) is 24.3 Å². The number of carbonyl (C=O) groups excluding carboxylic acids is 1. The Kier molecular flexibility index (Phi) is 5.88. The number of H-pyrrole nitrogens is 1. The Labute approximate surface area is 183 Å². The van der Waals surface area contributed by atoms with Crippen LogP contribution in [0.4, 0.5) is 10.1 Å². The molecule has 2 aromatic heterocycles. The van der Waals surface area contributed by atoms with Crippen LogP contribution in [0.2, 0.25) is 5.15 Å². The van der Waals surface area contributed by atoms with E-state index < -0.39 is 5.82 Å². The number of pyridine rings is 1. The maximum Gasteiger partial charge on any atom is 0.269 e. The van der Waals surface area contributed by atoms with Crippen molar-refractivity contribution >= 4 is 34.2 Å². The molecule has 0 atom stereocenters. The zero-order chi connectivity index (χ0) is 22.1. The van der Waals surface area contributed by atoms with Gasteiger partial charge in [0, 0.05) is 39.8 Å². The molecule has 0 radical (unpaired) electrons. The van der Waals surface area contributed by atoms with Gasteiger partial charge in [0.15, 0.2) is 11.0 Å². The quantitative estimate of drug-likeness (QED) is 0.598. The highest BCUT2D eigenvalue weighted by molar-refractivity contribution is 6.32. The molecule has 0 spiro atoms. The van der Waals surface area contributed by atoms with Gasteiger partial charge in [-0.05, 0) is 36.8 Å². The van der Waals surface area contributed by atoms with Gasteiger partial charge in [-0.1, -0.05) is 11.6 Å². The lowest BCUT2D eigenvalue weighted by atomic mass is 10.1. The van der Waals surface area contributed by atoms with Crippen LogP contribution in [0.1, 0.15) is 21.7 Å². The molecular weight excluding hydrogens is 423 g/mol. The minimum absolute atomic E-state index is 0.174. The van der Waals surface area contributed by atoms with Crippen molar-refractivity contribution in [3.05, 3.63) is 62.5 Å². The van der Waals surface area contributed by atoms with Crippen LogP contribution in [0.3, 0.4) is 0 Å². The molecule has 1 aromatic carbocycles. The Morgan fingerprint density at radius 3 is 2.65 bits per heavy atom. The van der Waals surface area contributed by atoms with Gasteiger partial charge in [0.25, 0.3) is 11.5 Å². The number of benzene rings is 1. The van der Waals surface area contributed by atoms with E-state index in [1.807, 2.05) is 0 Å². The number of aromatic amines is 1. The van der Waals surface area contributed by atoms with Gasteiger partial charge in [-0.25, -0.2) is 14.4 Å². The van der Waals surface area contributed by atoms with Gasteiger partial charge >= 0.3 is 0 Å². The number of anilines is 1. The summed E-state index contributed by atoms with van der Waals surface area (Å²) in [7, 11) is 1.54. The van der Waals surface area contributed by atoms with Crippen LogP contribution in [0, 0.1) is 12.7 Å². The number of hydrogen-bond donors (Lipinski definition) is 2. The Hall–Kier alpha value is -3.04. The summed E-state index contributed by atoms with van der Waals surface area (Å²) in [5, 5.41) is 2.82. The molecule has 4 rings (SSSR count). The zero-order valence-electron chi connectivity index (χ0n) is 17.2. The lowest BCUT2D eigenvalue weighted by Gasteiger charge is -2.36. The fourth-order valence-corrected chi connectivity index (χ4v) is 3.98. The SMILES string of the molecule is CNC(=O)c1ccc(N2CCN(Cc3cc(F)c4nc(C)c(=O)[nH]c4c3)CC2)c(Cl)n1. The first-order chi connectivity index (χ1) is 14.9. The second-order valence-corrected chi connectivity index (χ2v) is 7.83. The number of carbonyl (C=O) groups is 1. The number of hydrogen-bond acceptors (Lipinski definition) is 6. The van der Waals surface area contributed by atoms with E-state index in [4.69, 9.17) is 11.6 Å². The average molecular weight is 445 g/mol. The van der Waals surface area contributed by atoms with Gasteiger partial charge in [-0.2, -0.15) is 0 Å². The van der Waals surface area contributed by atoms with Gasteiger partial charge in [0.1, 0.15) is 16.9 Å². The predicted octanol–water partition coefficient (Wildman–Crippen LogP) is 2.10. The molecule has 3 heterocycles. The van der Waals surface area contributed by atoms with Crippen LogP contribution in [-0.2, 0) is 6.54 Å². The van der Waals surface area contributed by atoms with Crippen LogP contribution < -0.4 is 15.8 Å². The van der Waals surface area contributed by atoms with Crippen LogP contribution in [0.25, 0.3) is 11.0 Å². The van der Waals surface area contributed by atoms with Gasteiger partial charge in [-0.15, -0.1) is 0 Å². The number of halogens is 2. The summed E-state index contributed by atoms with van der Waals surface area (Å²) in [5.41, 5.74) is 2.33. The number of nitrogens with zero attached hydrogens (tertiary/aromatic N) is 4. The van der Waals surface area contributed by atoms with Crippen molar-refractivity contribution in [2.24, 2.45) is 0 Å². The molecule has 1 amide bonds. The van der Waals surface area contributed by atoms with Crippen molar-refractivity contribution in [2.45, 2.75) is 13.5 Å². The van der Waals surface area contributed by atoms with Gasteiger partial charge in [0.05, 0.1) is 11.2 Å². The summed E-state index contributed by atoms with van der Waals surface area (Å²) in [5.74, 6) is -0.729. The van der Waals surface area contributed by atoms with E-state index in [1.165, 1.54) is 6.07 Å². The van der Waals surface area contributed by atoms with E-state index in [2.05, 4.69) is 30.1 Å². The van der Waals surface area contributed by atoms with Gasteiger partial charge in [0.2, 0.25) is 0 Å². The largest absolute Gasteiger partial charge is 0.366 e. The van der Waals surface area contributed by atoms with Crippen molar-refractivity contribution in [1.29, 1.82) is 0 Å². The van der Waals surface area contributed by atoms with Gasteiger partial charge in [-0.3, -0.25) is 14.5 Å². The first-order valence-electron chi connectivity index (χ1n) is 9.90. The van der Waals surface area contributed by atoms with Crippen LogP contribution in [0.15, 0.2) is 29.1 Å². The predicted molar refractivity (Wildman–Crippen MR) is 117 cm³/mol. The molecule has 0 bridgehead atoms. The lowest BCUT2D eigenvalue weighted by Crippen LogP contribution is -2.46. The molecule has 10 heteroatoms. The fraction of sp³-hybridized carbons (Fsp3) is 0.333.